The summed E-state index contributed by atoms with van der Waals surface area (Å²) < 4.78 is 0. The molecule has 0 aliphatic carbocycles. The van der Waals surface area contributed by atoms with Crippen LogP contribution in [0.15, 0.2) is 42.5 Å². The Morgan fingerprint density at radius 3 is 2.50 bits per heavy atom. The van der Waals surface area contributed by atoms with Crippen LogP contribution in [-0.4, -0.2) is 32.1 Å². The minimum atomic E-state index is 0.388. The van der Waals surface area contributed by atoms with E-state index in [2.05, 4.69) is 66.7 Å². The first-order chi connectivity index (χ1) is 8.74. The third kappa shape index (κ3) is 2.89. The van der Waals surface area contributed by atoms with Gasteiger partial charge in [0, 0.05) is 12.6 Å². The monoisotopic (exact) mass is 242 g/mol. The Labute approximate surface area is 110 Å². The molecule has 1 N–H and O–H groups in total. The van der Waals surface area contributed by atoms with E-state index < -0.39 is 0 Å². The smallest absolute Gasteiger partial charge is 0.0446 e. The van der Waals surface area contributed by atoms with Gasteiger partial charge in [-0.2, -0.15) is 0 Å². The van der Waals surface area contributed by atoms with Crippen molar-refractivity contribution in [1.29, 1.82) is 0 Å². The number of benzene rings is 2. The van der Waals surface area contributed by atoms with Crippen molar-refractivity contribution in [3.63, 3.8) is 0 Å². The zero-order valence-electron chi connectivity index (χ0n) is 11.5. The van der Waals surface area contributed by atoms with Crippen LogP contribution in [0.1, 0.15) is 18.5 Å². The van der Waals surface area contributed by atoms with Crippen LogP contribution in [0.2, 0.25) is 0 Å². The van der Waals surface area contributed by atoms with Crippen molar-refractivity contribution in [1.82, 2.24) is 10.2 Å². The molecule has 0 aliphatic rings. The maximum atomic E-state index is 3.41. The van der Waals surface area contributed by atoms with E-state index >= 15 is 0 Å². The summed E-state index contributed by atoms with van der Waals surface area (Å²) in [5.41, 5.74) is 1.36. The molecule has 2 nitrogen and oxygen atoms in total. The maximum absolute atomic E-state index is 3.41. The van der Waals surface area contributed by atoms with Gasteiger partial charge in [0.25, 0.3) is 0 Å². The molecule has 0 saturated heterocycles. The Kier molecular flexibility index (Phi) is 4.34. The molecule has 96 valence electrons. The SMILES string of the molecule is CCN(C)CC(NC)c1ccc2ccccc2c1. The third-order valence-corrected chi connectivity index (χ3v) is 3.56. The second-order valence-electron chi connectivity index (χ2n) is 4.80. The van der Waals surface area contributed by atoms with Gasteiger partial charge in [0.05, 0.1) is 0 Å². The van der Waals surface area contributed by atoms with Crippen LogP contribution in [0.25, 0.3) is 10.8 Å². The average Bonchev–Trinajstić information content (AvgIpc) is 2.44. The Morgan fingerprint density at radius 1 is 1.11 bits per heavy atom. The molecule has 0 bridgehead atoms. The number of nitrogens with one attached hydrogen (secondary N) is 1. The molecule has 2 heteroatoms. The van der Waals surface area contributed by atoms with Crippen molar-refractivity contribution in [2.45, 2.75) is 13.0 Å². The standard InChI is InChI=1S/C16H22N2/c1-4-18(3)12-16(17-2)15-10-9-13-7-5-6-8-14(13)11-15/h5-11,16-17H,4,12H2,1-3H3. The van der Waals surface area contributed by atoms with E-state index in [1.165, 1.54) is 16.3 Å². The molecular formula is C16H22N2. The molecule has 0 aromatic heterocycles. The molecule has 18 heavy (non-hydrogen) atoms. The van der Waals surface area contributed by atoms with E-state index in [1.54, 1.807) is 0 Å². The molecule has 2 rings (SSSR count). The van der Waals surface area contributed by atoms with E-state index in [0.717, 1.165) is 13.1 Å². The zero-order chi connectivity index (χ0) is 13.0. The molecule has 0 heterocycles. The predicted octanol–water partition coefficient (Wildman–Crippen LogP) is 3.05. The second-order valence-corrected chi connectivity index (χ2v) is 4.80. The highest BCUT2D eigenvalue weighted by Crippen LogP contribution is 2.20. The largest absolute Gasteiger partial charge is 0.312 e. The summed E-state index contributed by atoms with van der Waals surface area (Å²) >= 11 is 0. The summed E-state index contributed by atoms with van der Waals surface area (Å²) in [6.45, 7) is 4.30. The second kappa shape index (κ2) is 5.98. The summed E-state index contributed by atoms with van der Waals surface area (Å²) in [5.74, 6) is 0. The van der Waals surface area contributed by atoms with Gasteiger partial charge in [-0.3, -0.25) is 0 Å². The van der Waals surface area contributed by atoms with E-state index in [4.69, 9.17) is 0 Å². The highest BCUT2D eigenvalue weighted by molar-refractivity contribution is 5.83. The Balaban J connectivity index is 2.27. The lowest BCUT2D eigenvalue weighted by Crippen LogP contribution is -2.31. The van der Waals surface area contributed by atoms with Gasteiger partial charge in [0.1, 0.15) is 0 Å². The van der Waals surface area contributed by atoms with Gasteiger partial charge in [-0.15, -0.1) is 0 Å². The predicted molar refractivity (Wildman–Crippen MR) is 78.9 cm³/mol. The van der Waals surface area contributed by atoms with Gasteiger partial charge in [0.15, 0.2) is 0 Å². The number of rotatable bonds is 5. The third-order valence-electron chi connectivity index (χ3n) is 3.56. The first-order valence-electron chi connectivity index (χ1n) is 6.59. The molecule has 0 aliphatic heterocycles. The minimum Gasteiger partial charge on any atom is -0.312 e. The average molecular weight is 242 g/mol. The number of fused-ring (bicyclic) bond motifs is 1. The lowest BCUT2D eigenvalue weighted by atomic mass is 10.0. The number of hydrogen-bond donors (Lipinski definition) is 1. The highest BCUT2D eigenvalue weighted by atomic mass is 15.1. The van der Waals surface area contributed by atoms with Gasteiger partial charge >= 0.3 is 0 Å². The summed E-state index contributed by atoms with van der Waals surface area (Å²) in [4.78, 5) is 2.33. The van der Waals surface area contributed by atoms with Crippen molar-refractivity contribution >= 4 is 10.8 Å². The Hall–Kier alpha value is -1.38. The van der Waals surface area contributed by atoms with Crippen LogP contribution in [0.5, 0.6) is 0 Å². The molecule has 1 unspecified atom stereocenters. The van der Waals surface area contributed by atoms with Crippen LogP contribution in [-0.2, 0) is 0 Å². The van der Waals surface area contributed by atoms with Crippen LogP contribution < -0.4 is 5.32 Å². The molecule has 0 saturated carbocycles. The van der Waals surface area contributed by atoms with Crippen molar-refractivity contribution in [2.24, 2.45) is 0 Å². The van der Waals surface area contributed by atoms with Crippen LogP contribution in [0, 0.1) is 0 Å². The van der Waals surface area contributed by atoms with Crippen LogP contribution in [0.4, 0.5) is 0 Å². The van der Waals surface area contributed by atoms with Gasteiger partial charge in [-0.1, -0.05) is 43.3 Å². The Morgan fingerprint density at radius 2 is 1.83 bits per heavy atom. The highest BCUT2D eigenvalue weighted by Gasteiger charge is 2.11. The molecule has 0 fully saturated rings. The molecular weight excluding hydrogens is 220 g/mol. The van der Waals surface area contributed by atoms with Crippen LogP contribution >= 0.6 is 0 Å². The fourth-order valence-corrected chi connectivity index (χ4v) is 2.23. The summed E-state index contributed by atoms with van der Waals surface area (Å²) in [6.07, 6.45) is 0. The number of nitrogens with zero attached hydrogens (tertiary/aromatic N) is 1. The first-order valence-corrected chi connectivity index (χ1v) is 6.59. The molecule has 2 aromatic carbocycles. The van der Waals surface area contributed by atoms with Crippen molar-refractivity contribution < 1.29 is 0 Å². The Bertz CT molecular complexity index is 507. The lowest BCUT2D eigenvalue weighted by molar-refractivity contribution is 0.311. The zero-order valence-corrected chi connectivity index (χ0v) is 11.5. The fraction of sp³-hybridized carbons (Fsp3) is 0.375. The van der Waals surface area contributed by atoms with Gasteiger partial charge in [-0.25, -0.2) is 0 Å². The fourth-order valence-electron chi connectivity index (χ4n) is 2.23. The van der Waals surface area contributed by atoms with Gasteiger partial charge in [-0.05, 0) is 43.0 Å². The quantitative estimate of drug-likeness (QED) is 0.867. The van der Waals surface area contributed by atoms with Crippen molar-refractivity contribution in [2.75, 3.05) is 27.2 Å². The maximum Gasteiger partial charge on any atom is 0.0446 e. The lowest BCUT2D eigenvalue weighted by Gasteiger charge is -2.23. The van der Waals surface area contributed by atoms with E-state index in [1.807, 2.05) is 7.05 Å². The first kappa shape index (κ1) is 13.1. The van der Waals surface area contributed by atoms with Crippen molar-refractivity contribution in [3.05, 3.63) is 48.0 Å². The van der Waals surface area contributed by atoms with E-state index in [0.29, 0.717) is 6.04 Å². The van der Waals surface area contributed by atoms with Gasteiger partial charge < -0.3 is 10.2 Å². The van der Waals surface area contributed by atoms with Crippen LogP contribution in [0.3, 0.4) is 0 Å². The number of likely N-dealkylation sites (N-methyl/N-ethyl adjacent to an activating group) is 2. The minimum absolute atomic E-state index is 0.388. The van der Waals surface area contributed by atoms with E-state index in [9.17, 15) is 0 Å². The summed E-state index contributed by atoms with van der Waals surface area (Å²) in [6, 6.07) is 15.6. The molecule has 0 spiro atoms. The molecule has 0 radical (unpaired) electrons. The number of hydrogen-bond acceptors (Lipinski definition) is 2. The summed E-state index contributed by atoms with van der Waals surface area (Å²) in [5, 5.41) is 6.03. The van der Waals surface area contributed by atoms with Crippen molar-refractivity contribution in [3.8, 4) is 0 Å². The van der Waals surface area contributed by atoms with E-state index in [-0.39, 0.29) is 0 Å². The topological polar surface area (TPSA) is 15.3 Å². The molecule has 0 amide bonds. The van der Waals surface area contributed by atoms with Gasteiger partial charge in [0.2, 0.25) is 0 Å². The normalized spacial score (nSPS) is 13.1. The summed E-state index contributed by atoms with van der Waals surface area (Å²) in [7, 11) is 4.19. The molecule has 2 aromatic rings. The molecule has 1 atom stereocenters.